The van der Waals surface area contributed by atoms with E-state index in [1.807, 2.05) is 37.4 Å². The van der Waals surface area contributed by atoms with Crippen molar-refractivity contribution in [3.63, 3.8) is 0 Å². The zero-order valence-electron chi connectivity index (χ0n) is 11.8. The molecule has 1 heterocycles. The third-order valence-electron chi connectivity index (χ3n) is 3.26. The molecule has 0 aliphatic rings. The van der Waals surface area contributed by atoms with E-state index in [2.05, 4.69) is 10.3 Å². The molecule has 1 unspecified atom stereocenters. The van der Waals surface area contributed by atoms with Crippen molar-refractivity contribution >= 4 is 16.8 Å². The summed E-state index contributed by atoms with van der Waals surface area (Å²) < 4.78 is 4.99. The summed E-state index contributed by atoms with van der Waals surface area (Å²) in [4.78, 5) is 15.2. The summed E-state index contributed by atoms with van der Waals surface area (Å²) in [6.45, 7) is 2.37. The Kier molecular flexibility index (Phi) is 4.76. The van der Waals surface area contributed by atoms with Gasteiger partial charge in [-0.3, -0.25) is 4.79 Å². The van der Waals surface area contributed by atoms with Crippen molar-refractivity contribution in [2.24, 2.45) is 5.73 Å². The van der Waals surface area contributed by atoms with Gasteiger partial charge in [0.1, 0.15) is 0 Å². The molecule has 5 nitrogen and oxygen atoms in total. The first-order valence-electron chi connectivity index (χ1n) is 6.71. The predicted molar refractivity (Wildman–Crippen MR) is 79.5 cm³/mol. The van der Waals surface area contributed by atoms with Crippen LogP contribution >= 0.6 is 0 Å². The smallest absolute Gasteiger partial charge is 0.237 e. The number of nitrogens with two attached hydrogens (primary N) is 1. The molecule has 108 valence electrons. The lowest BCUT2D eigenvalue weighted by Crippen LogP contribution is -2.46. The fourth-order valence-corrected chi connectivity index (χ4v) is 2.27. The van der Waals surface area contributed by atoms with Gasteiger partial charge in [0.15, 0.2) is 0 Å². The number of hydrogen-bond donors (Lipinski definition) is 3. The second-order valence-electron chi connectivity index (χ2n) is 5.04. The number of rotatable bonds is 6. The second-order valence-corrected chi connectivity index (χ2v) is 5.04. The average molecular weight is 275 g/mol. The van der Waals surface area contributed by atoms with Crippen molar-refractivity contribution in [2.45, 2.75) is 25.4 Å². The van der Waals surface area contributed by atoms with E-state index in [1.54, 1.807) is 7.11 Å². The number of benzene rings is 1. The van der Waals surface area contributed by atoms with E-state index in [4.69, 9.17) is 10.5 Å². The lowest BCUT2D eigenvalue weighted by atomic mass is 10.0. The number of para-hydroxylation sites is 1. The molecule has 4 N–H and O–H groups in total. The van der Waals surface area contributed by atoms with Crippen molar-refractivity contribution < 1.29 is 9.53 Å². The summed E-state index contributed by atoms with van der Waals surface area (Å²) in [7, 11) is 1.61. The van der Waals surface area contributed by atoms with Gasteiger partial charge in [-0.2, -0.15) is 0 Å². The number of hydrogen-bond acceptors (Lipinski definition) is 3. The number of amides is 1. The molecular weight excluding hydrogens is 254 g/mol. The fraction of sp³-hybridized carbons (Fsp3) is 0.400. The third-order valence-corrected chi connectivity index (χ3v) is 3.26. The summed E-state index contributed by atoms with van der Waals surface area (Å²) in [6, 6.07) is 7.38. The number of carbonyl (C=O) groups is 1. The van der Waals surface area contributed by atoms with E-state index in [0.717, 1.165) is 16.5 Å². The van der Waals surface area contributed by atoms with Crippen LogP contribution in [0.25, 0.3) is 10.9 Å². The van der Waals surface area contributed by atoms with Crippen molar-refractivity contribution in [2.75, 3.05) is 13.7 Å². The maximum absolute atomic E-state index is 12.0. The van der Waals surface area contributed by atoms with E-state index in [0.29, 0.717) is 13.0 Å². The predicted octanol–water partition coefficient (Wildman–Crippen LogP) is 1.19. The lowest BCUT2D eigenvalue weighted by molar-refractivity contribution is -0.123. The fourth-order valence-electron chi connectivity index (χ4n) is 2.27. The van der Waals surface area contributed by atoms with Crippen LogP contribution in [0.15, 0.2) is 30.5 Å². The summed E-state index contributed by atoms with van der Waals surface area (Å²) in [6.07, 6.45) is 2.42. The number of nitrogens with one attached hydrogen (secondary N) is 2. The highest BCUT2D eigenvalue weighted by Gasteiger charge is 2.17. The molecule has 0 spiro atoms. The van der Waals surface area contributed by atoms with E-state index < -0.39 is 6.04 Å². The van der Waals surface area contributed by atoms with Crippen LogP contribution < -0.4 is 11.1 Å². The van der Waals surface area contributed by atoms with Crippen LogP contribution in [0.1, 0.15) is 12.5 Å². The maximum atomic E-state index is 12.0. The molecule has 1 aromatic heterocycles. The summed E-state index contributed by atoms with van der Waals surface area (Å²) in [5, 5.41) is 3.95. The van der Waals surface area contributed by atoms with Crippen molar-refractivity contribution in [1.82, 2.24) is 10.3 Å². The van der Waals surface area contributed by atoms with Gasteiger partial charge in [-0.15, -0.1) is 0 Å². The van der Waals surface area contributed by atoms with Gasteiger partial charge in [-0.05, 0) is 25.0 Å². The largest absolute Gasteiger partial charge is 0.383 e. The molecule has 0 aliphatic carbocycles. The molecule has 1 amide bonds. The van der Waals surface area contributed by atoms with Crippen LogP contribution in [0.4, 0.5) is 0 Å². The highest BCUT2D eigenvalue weighted by molar-refractivity contribution is 5.86. The number of methoxy groups -OCH3 is 1. The van der Waals surface area contributed by atoms with Gasteiger partial charge in [0, 0.05) is 30.3 Å². The summed E-state index contributed by atoms with van der Waals surface area (Å²) >= 11 is 0. The molecule has 0 bridgehead atoms. The van der Waals surface area contributed by atoms with Gasteiger partial charge in [0.2, 0.25) is 5.91 Å². The molecule has 0 fully saturated rings. The van der Waals surface area contributed by atoms with Crippen molar-refractivity contribution in [3.05, 3.63) is 36.0 Å². The van der Waals surface area contributed by atoms with Gasteiger partial charge in [-0.1, -0.05) is 18.2 Å². The van der Waals surface area contributed by atoms with Crippen molar-refractivity contribution in [3.8, 4) is 0 Å². The number of ether oxygens (including phenoxy) is 1. The Morgan fingerprint density at radius 1 is 1.45 bits per heavy atom. The first-order chi connectivity index (χ1) is 9.61. The lowest BCUT2D eigenvalue weighted by Gasteiger charge is -2.16. The van der Waals surface area contributed by atoms with Crippen LogP contribution in [-0.4, -0.2) is 36.7 Å². The molecule has 0 radical (unpaired) electrons. The summed E-state index contributed by atoms with van der Waals surface area (Å²) in [5.74, 6) is -0.153. The Morgan fingerprint density at radius 2 is 2.20 bits per heavy atom. The zero-order chi connectivity index (χ0) is 14.5. The number of carbonyl (C=O) groups excluding carboxylic acids is 1. The zero-order valence-corrected chi connectivity index (χ0v) is 11.8. The minimum atomic E-state index is -0.562. The van der Waals surface area contributed by atoms with Gasteiger partial charge in [-0.25, -0.2) is 0 Å². The van der Waals surface area contributed by atoms with Crippen LogP contribution in [0.2, 0.25) is 0 Å². The Hall–Kier alpha value is -1.85. The normalized spacial score (nSPS) is 14.2. The first kappa shape index (κ1) is 14.6. The quantitative estimate of drug-likeness (QED) is 0.741. The number of aromatic amines is 1. The van der Waals surface area contributed by atoms with E-state index in [-0.39, 0.29) is 11.9 Å². The number of H-pyrrole nitrogens is 1. The highest BCUT2D eigenvalue weighted by atomic mass is 16.5. The van der Waals surface area contributed by atoms with E-state index in [1.165, 1.54) is 0 Å². The molecule has 0 aliphatic heterocycles. The SMILES string of the molecule is COCC(C)NC(=O)[C@@H](N)Cc1c[nH]c2ccccc12. The van der Waals surface area contributed by atoms with E-state index in [9.17, 15) is 4.79 Å². The van der Waals surface area contributed by atoms with Gasteiger partial charge in [0.25, 0.3) is 0 Å². The van der Waals surface area contributed by atoms with Crippen LogP contribution in [0.5, 0.6) is 0 Å². The van der Waals surface area contributed by atoms with Crippen LogP contribution in [0, 0.1) is 0 Å². The molecule has 1 aromatic carbocycles. The van der Waals surface area contributed by atoms with E-state index >= 15 is 0 Å². The molecular formula is C15H21N3O2. The Morgan fingerprint density at radius 3 is 2.95 bits per heavy atom. The van der Waals surface area contributed by atoms with Crippen LogP contribution in [0.3, 0.4) is 0 Å². The molecule has 5 heteroatoms. The third kappa shape index (κ3) is 3.37. The molecule has 2 rings (SSSR count). The minimum Gasteiger partial charge on any atom is -0.383 e. The van der Waals surface area contributed by atoms with Crippen molar-refractivity contribution in [1.29, 1.82) is 0 Å². The molecule has 0 saturated heterocycles. The average Bonchev–Trinajstić information content (AvgIpc) is 2.82. The summed E-state index contributed by atoms with van der Waals surface area (Å²) in [5.41, 5.74) is 8.09. The van der Waals surface area contributed by atoms with Gasteiger partial charge < -0.3 is 20.8 Å². The Bertz CT molecular complexity index is 579. The molecule has 2 atom stereocenters. The molecule has 0 saturated carbocycles. The Balaban J connectivity index is 2.00. The monoisotopic (exact) mass is 275 g/mol. The maximum Gasteiger partial charge on any atom is 0.237 e. The standard InChI is InChI=1S/C15H21N3O2/c1-10(9-20-2)18-15(19)13(16)7-11-8-17-14-6-4-3-5-12(11)14/h3-6,8,10,13,17H,7,9,16H2,1-2H3,(H,18,19)/t10?,13-/m0/s1. The van der Waals surface area contributed by atoms with Crippen LogP contribution in [-0.2, 0) is 16.0 Å². The van der Waals surface area contributed by atoms with Gasteiger partial charge >= 0.3 is 0 Å². The second kappa shape index (κ2) is 6.54. The number of aromatic nitrogens is 1. The van der Waals surface area contributed by atoms with Gasteiger partial charge in [0.05, 0.1) is 12.6 Å². The first-order valence-corrected chi connectivity index (χ1v) is 6.71. The molecule has 20 heavy (non-hydrogen) atoms. The Labute approximate surface area is 118 Å². The number of fused-ring (bicyclic) bond motifs is 1. The minimum absolute atomic E-state index is 0.0403. The molecule has 2 aromatic rings. The highest BCUT2D eigenvalue weighted by Crippen LogP contribution is 2.18. The topological polar surface area (TPSA) is 80.1 Å².